The monoisotopic (exact) mass is 248 g/mol. The van der Waals surface area contributed by atoms with Crippen molar-refractivity contribution < 1.29 is 24.9 Å². The molecule has 0 radical (unpaired) electrons. The summed E-state index contributed by atoms with van der Waals surface area (Å²) in [6.07, 6.45) is -1.82. The maximum Gasteiger partial charge on any atom is 0.406 e. The van der Waals surface area contributed by atoms with E-state index in [0.717, 1.165) is 0 Å². The lowest BCUT2D eigenvalue weighted by Crippen LogP contribution is -2.54. The van der Waals surface area contributed by atoms with Gasteiger partial charge in [-0.3, -0.25) is 4.90 Å². The van der Waals surface area contributed by atoms with E-state index in [4.69, 9.17) is 9.84 Å². The molecular formula is C10H20N2O5. The molecule has 0 bridgehead atoms. The lowest BCUT2D eigenvalue weighted by Gasteiger charge is -2.39. The van der Waals surface area contributed by atoms with Crippen molar-refractivity contribution in [2.24, 2.45) is 0 Å². The first-order chi connectivity index (χ1) is 8.08. The van der Waals surface area contributed by atoms with E-state index in [2.05, 4.69) is 5.32 Å². The number of ether oxygens (including phenoxy) is 1. The van der Waals surface area contributed by atoms with Gasteiger partial charge in [-0.2, -0.15) is 0 Å². The zero-order valence-electron chi connectivity index (χ0n) is 9.87. The Morgan fingerprint density at radius 3 is 2.76 bits per heavy atom. The van der Waals surface area contributed by atoms with Crippen molar-refractivity contribution in [3.8, 4) is 0 Å². The predicted octanol–water partition coefficient (Wildman–Crippen LogP) is -1.87. The first-order valence-electron chi connectivity index (χ1n) is 5.64. The summed E-state index contributed by atoms with van der Waals surface area (Å²) in [6, 6.07) is -0.207. The van der Waals surface area contributed by atoms with Crippen LogP contribution in [0.5, 0.6) is 0 Å². The maximum absolute atomic E-state index is 10.8. The number of hydrogen-bond donors (Lipinski definition) is 4. The third-order valence-corrected chi connectivity index (χ3v) is 2.92. The molecule has 4 N–H and O–H groups in total. The number of nitrogens with zero attached hydrogens (tertiary/aromatic N) is 1. The summed E-state index contributed by atoms with van der Waals surface area (Å²) in [7, 11) is 1.47. The van der Waals surface area contributed by atoms with E-state index >= 15 is 0 Å². The van der Waals surface area contributed by atoms with Gasteiger partial charge in [0.1, 0.15) is 6.61 Å². The Balaban J connectivity index is 2.37. The second-order valence-corrected chi connectivity index (χ2v) is 4.09. The van der Waals surface area contributed by atoms with Crippen LogP contribution in [0.3, 0.4) is 0 Å². The van der Waals surface area contributed by atoms with Crippen LogP contribution >= 0.6 is 0 Å². The van der Waals surface area contributed by atoms with Gasteiger partial charge in [-0.1, -0.05) is 0 Å². The number of nitrogens with one attached hydrogen (secondary N) is 1. The summed E-state index contributed by atoms with van der Waals surface area (Å²) in [4.78, 5) is 12.6. The Hall–Kier alpha value is -0.890. The van der Waals surface area contributed by atoms with Crippen molar-refractivity contribution in [3.63, 3.8) is 0 Å². The molecule has 1 heterocycles. The fraction of sp³-hybridized carbons (Fsp3) is 0.900. The summed E-state index contributed by atoms with van der Waals surface area (Å²) in [6.45, 7) is 0.772. The van der Waals surface area contributed by atoms with Gasteiger partial charge in [-0.05, 0) is 6.42 Å². The molecule has 7 heteroatoms. The molecule has 0 aromatic heterocycles. The number of likely N-dealkylation sites (tertiary alicyclic amines) is 1. The summed E-state index contributed by atoms with van der Waals surface area (Å²) >= 11 is 0. The minimum Gasteiger partial charge on any atom is -0.448 e. The minimum absolute atomic E-state index is 0.0935. The van der Waals surface area contributed by atoms with E-state index in [9.17, 15) is 15.0 Å². The molecule has 1 rings (SSSR count). The number of rotatable bonds is 4. The number of hydrogen-bond acceptors (Lipinski definition) is 6. The topological polar surface area (TPSA) is 102 Å². The number of aliphatic hydroxyl groups is 3. The van der Waals surface area contributed by atoms with E-state index < -0.39 is 18.3 Å². The van der Waals surface area contributed by atoms with Crippen LogP contribution in [0.2, 0.25) is 0 Å². The largest absolute Gasteiger partial charge is 0.448 e. The fourth-order valence-electron chi connectivity index (χ4n) is 1.89. The van der Waals surface area contributed by atoms with Gasteiger partial charge in [-0.15, -0.1) is 0 Å². The second-order valence-electron chi connectivity index (χ2n) is 4.09. The molecule has 1 saturated heterocycles. The van der Waals surface area contributed by atoms with Crippen molar-refractivity contribution in [2.75, 3.05) is 33.4 Å². The molecule has 0 aromatic carbocycles. The number of carbonyl (C=O) groups is 1. The highest BCUT2D eigenvalue weighted by Crippen LogP contribution is 2.17. The van der Waals surface area contributed by atoms with Crippen molar-refractivity contribution in [1.29, 1.82) is 0 Å². The summed E-state index contributed by atoms with van der Waals surface area (Å²) in [5.41, 5.74) is 0. The van der Waals surface area contributed by atoms with E-state index in [0.29, 0.717) is 13.0 Å². The zero-order valence-corrected chi connectivity index (χ0v) is 9.87. The molecule has 0 saturated carbocycles. The van der Waals surface area contributed by atoms with Crippen molar-refractivity contribution in [1.82, 2.24) is 10.2 Å². The van der Waals surface area contributed by atoms with Gasteiger partial charge in [0.05, 0.1) is 18.8 Å². The minimum atomic E-state index is -0.821. The van der Waals surface area contributed by atoms with Crippen molar-refractivity contribution >= 4 is 6.09 Å². The molecule has 1 aliphatic rings. The van der Waals surface area contributed by atoms with Crippen LogP contribution in [0.25, 0.3) is 0 Å². The molecule has 1 amide bonds. The normalized spacial score (nSPS) is 30.0. The smallest absolute Gasteiger partial charge is 0.406 e. The molecule has 1 unspecified atom stereocenters. The van der Waals surface area contributed by atoms with E-state index in [1.165, 1.54) is 7.05 Å². The van der Waals surface area contributed by atoms with Crippen LogP contribution in [0, 0.1) is 0 Å². The van der Waals surface area contributed by atoms with E-state index in [1.54, 1.807) is 4.90 Å². The Morgan fingerprint density at radius 2 is 2.18 bits per heavy atom. The highest BCUT2D eigenvalue weighted by Gasteiger charge is 2.32. The van der Waals surface area contributed by atoms with Gasteiger partial charge < -0.3 is 25.4 Å². The second kappa shape index (κ2) is 6.75. The van der Waals surface area contributed by atoms with Gasteiger partial charge in [0.25, 0.3) is 0 Å². The average molecular weight is 248 g/mol. The Bertz CT molecular complexity index is 251. The molecule has 0 spiro atoms. The van der Waals surface area contributed by atoms with Gasteiger partial charge >= 0.3 is 6.09 Å². The maximum atomic E-state index is 10.8. The van der Waals surface area contributed by atoms with Crippen LogP contribution in [-0.2, 0) is 4.74 Å². The average Bonchev–Trinajstić information content (AvgIpc) is 2.32. The van der Waals surface area contributed by atoms with Crippen LogP contribution in [0.4, 0.5) is 4.79 Å². The van der Waals surface area contributed by atoms with Crippen molar-refractivity contribution in [3.05, 3.63) is 0 Å². The molecule has 3 atom stereocenters. The molecule has 17 heavy (non-hydrogen) atoms. The van der Waals surface area contributed by atoms with Gasteiger partial charge in [0.2, 0.25) is 0 Å². The summed E-state index contributed by atoms with van der Waals surface area (Å²) in [5, 5.41) is 30.5. The van der Waals surface area contributed by atoms with Crippen LogP contribution in [0.15, 0.2) is 0 Å². The number of piperidine rings is 1. The fourth-order valence-corrected chi connectivity index (χ4v) is 1.89. The molecule has 1 aliphatic heterocycles. The number of β-amino-alcohol motifs (C(OH)–C–C–N with tert-alkyl or cyclic N) is 1. The van der Waals surface area contributed by atoms with Crippen LogP contribution < -0.4 is 5.32 Å². The van der Waals surface area contributed by atoms with Gasteiger partial charge in [0, 0.05) is 26.2 Å². The number of amides is 1. The summed E-state index contributed by atoms with van der Waals surface area (Å²) < 4.78 is 4.83. The van der Waals surface area contributed by atoms with Gasteiger partial charge in [-0.25, -0.2) is 4.79 Å². The lowest BCUT2D eigenvalue weighted by atomic mass is 9.98. The third-order valence-electron chi connectivity index (χ3n) is 2.92. The number of aliphatic hydroxyl groups excluding tert-OH is 3. The standard InChI is InChI=1S/C10H20N2O5/c1-11-10(16)17-3-2-12-5-9(15)8(14)4-7(12)6-13/h7-9,13-15H,2-6H2,1H3,(H,11,16)/t7?,8-,9-/m0/s1. The van der Waals surface area contributed by atoms with E-state index in [1.807, 2.05) is 0 Å². The Labute approximate surface area is 100.0 Å². The molecule has 7 nitrogen and oxygen atoms in total. The Morgan fingerprint density at radius 1 is 1.47 bits per heavy atom. The highest BCUT2D eigenvalue weighted by atomic mass is 16.5. The quantitative estimate of drug-likeness (QED) is 0.465. The molecule has 1 fully saturated rings. The predicted molar refractivity (Wildman–Crippen MR) is 59.5 cm³/mol. The van der Waals surface area contributed by atoms with E-state index in [-0.39, 0.29) is 25.8 Å². The van der Waals surface area contributed by atoms with Crippen molar-refractivity contribution in [2.45, 2.75) is 24.7 Å². The zero-order chi connectivity index (χ0) is 12.8. The molecule has 100 valence electrons. The SMILES string of the molecule is CNC(=O)OCCN1C[C@H](O)[C@@H](O)CC1CO. The first kappa shape index (κ1) is 14.2. The van der Waals surface area contributed by atoms with Crippen LogP contribution in [-0.4, -0.2) is 77.9 Å². The highest BCUT2D eigenvalue weighted by molar-refractivity contribution is 5.66. The third kappa shape index (κ3) is 4.12. The molecule has 0 aromatic rings. The Kier molecular flexibility index (Phi) is 5.63. The first-order valence-corrected chi connectivity index (χ1v) is 5.64. The van der Waals surface area contributed by atoms with Crippen LogP contribution in [0.1, 0.15) is 6.42 Å². The number of carbonyl (C=O) groups excluding carboxylic acids is 1. The molecular weight excluding hydrogens is 228 g/mol. The molecule has 0 aliphatic carbocycles. The lowest BCUT2D eigenvalue weighted by molar-refractivity contribution is -0.0739. The van der Waals surface area contributed by atoms with Gasteiger partial charge in [0.15, 0.2) is 0 Å². The summed E-state index contributed by atoms with van der Waals surface area (Å²) in [5.74, 6) is 0. The number of alkyl carbamates (subject to hydrolysis) is 1.